The Morgan fingerprint density at radius 1 is 1.36 bits per heavy atom. The number of para-hydroxylation sites is 1. The Morgan fingerprint density at radius 2 is 2.25 bits per heavy atom. The third kappa shape index (κ3) is 4.70. The van der Waals surface area contributed by atoms with Crippen molar-refractivity contribution in [2.24, 2.45) is 0 Å². The van der Waals surface area contributed by atoms with Gasteiger partial charge in [0.25, 0.3) is 0 Å². The average Bonchev–Trinajstić information content (AvgIpc) is 3.35. The first-order valence-electron chi connectivity index (χ1n) is 9.06. The molecule has 0 saturated carbocycles. The fraction of sp³-hybridized carbons (Fsp3) is 0.238. The smallest absolute Gasteiger partial charge is 0.248 e. The summed E-state index contributed by atoms with van der Waals surface area (Å²) in [6.07, 6.45) is 5.30. The predicted octanol–water partition coefficient (Wildman–Crippen LogP) is 5.16. The number of fused-ring (bicyclic) bond motifs is 1. The van der Waals surface area contributed by atoms with Gasteiger partial charge in [-0.1, -0.05) is 23.7 Å². The number of benzene rings is 2. The highest BCUT2D eigenvalue weighted by Crippen LogP contribution is 2.29. The van der Waals surface area contributed by atoms with E-state index >= 15 is 0 Å². The minimum absolute atomic E-state index is 0.0955. The first-order chi connectivity index (χ1) is 13.7. The molecule has 1 unspecified atom stereocenters. The molecular formula is C21H19ClN2O3S. The van der Waals surface area contributed by atoms with Crippen molar-refractivity contribution in [1.82, 2.24) is 4.98 Å². The lowest BCUT2D eigenvalue weighted by molar-refractivity contribution is -0.111. The molecule has 1 saturated heterocycles. The monoisotopic (exact) mass is 414 g/mol. The van der Waals surface area contributed by atoms with Crippen LogP contribution in [0, 0.1) is 0 Å². The molecule has 1 amide bonds. The highest BCUT2D eigenvalue weighted by molar-refractivity contribution is 7.19. The van der Waals surface area contributed by atoms with Gasteiger partial charge in [0.05, 0.1) is 22.0 Å². The SMILES string of the molecule is O=C(/C=C/c1nc2ccccc2s1)Nc1cc(Cl)ccc1OCC1CCCO1. The maximum absolute atomic E-state index is 12.4. The van der Waals surface area contributed by atoms with Gasteiger partial charge in [0.15, 0.2) is 0 Å². The first kappa shape index (κ1) is 18.9. The van der Waals surface area contributed by atoms with Crippen molar-refractivity contribution in [2.75, 3.05) is 18.5 Å². The van der Waals surface area contributed by atoms with Crippen molar-refractivity contribution < 1.29 is 14.3 Å². The summed E-state index contributed by atoms with van der Waals surface area (Å²) < 4.78 is 12.5. The molecule has 144 valence electrons. The molecular weight excluding hydrogens is 396 g/mol. The first-order valence-corrected chi connectivity index (χ1v) is 10.3. The molecule has 0 bridgehead atoms. The minimum Gasteiger partial charge on any atom is -0.489 e. The number of thiazole rings is 1. The number of carbonyl (C=O) groups excluding carboxylic acids is 1. The Balaban J connectivity index is 1.43. The molecule has 1 aliphatic heterocycles. The molecule has 28 heavy (non-hydrogen) atoms. The number of anilines is 1. The van der Waals surface area contributed by atoms with Gasteiger partial charge in [-0.15, -0.1) is 11.3 Å². The molecule has 0 aliphatic carbocycles. The summed E-state index contributed by atoms with van der Waals surface area (Å²) in [6, 6.07) is 13.0. The second-order valence-corrected chi connectivity index (χ2v) is 7.93. The molecule has 1 atom stereocenters. The predicted molar refractivity (Wildman–Crippen MR) is 113 cm³/mol. The van der Waals surface area contributed by atoms with Crippen LogP contribution >= 0.6 is 22.9 Å². The van der Waals surface area contributed by atoms with Crippen LogP contribution in [0.15, 0.2) is 48.5 Å². The van der Waals surface area contributed by atoms with Crippen molar-refractivity contribution in [1.29, 1.82) is 0 Å². The van der Waals surface area contributed by atoms with E-state index in [1.54, 1.807) is 24.3 Å². The van der Waals surface area contributed by atoms with E-state index in [0.29, 0.717) is 23.1 Å². The molecule has 0 radical (unpaired) electrons. The lowest BCUT2D eigenvalue weighted by Crippen LogP contribution is -2.17. The summed E-state index contributed by atoms with van der Waals surface area (Å²) in [5, 5.41) is 4.13. The molecule has 5 nitrogen and oxygen atoms in total. The Labute approximate surface area is 171 Å². The number of amides is 1. The summed E-state index contributed by atoms with van der Waals surface area (Å²) in [7, 11) is 0. The lowest BCUT2D eigenvalue weighted by Gasteiger charge is -2.15. The van der Waals surface area contributed by atoms with Crippen LogP contribution in [0.5, 0.6) is 5.75 Å². The third-order valence-electron chi connectivity index (χ3n) is 4.34. The Hall–Kier alpha value is -2.41. The van der Waals surface area contributed by atoms with Crippen molar-refractivity contribution in [2.45, 2.75) is 18.9 Å². The van der Waals surface area contributed by atoms with E-state index in [1.807, 2.05) is 24.3 Å². The number of halogens is 1. The van der Waals surface area contributed by atoms with Crippen LogP contribution in [-0.4, -0.2) is 30.2 Å². The summed E-state index contributed by atoms with van der Waals surface area (Å²) in [5.41, 5.74) is 1.46. The number of nitrogens with one attached hydrogen (secondary N) is 1. The van der Waals surface area contributed by atoms with Gasteiger partial charge in [0.1, 0.15) is 17.4 Å². The zero-order valence-electron chi connectivity index (χ0n) is 15.1. The second-order valence-electron chi connectivity index (χ2n) is 6.43. The maximum atomic E-state index is 12.4. The topological polar surface area (TPSA) is 60.5 Å². The fourth-order valence-corrected chi connectivity index (χ4v) is 4.01. The number of carbonyl (C=O) groups is 1. The molecule has 1 N–H and O–H groups in total. The van der Waals surface area contributed by atoms with Crippen molar-refractivity contribution >= 4 is 50.8 Å². The molecule has 1 aromatic heterocycles. The Bertz CT molecular complexity index is 979. The number of ether oxygens (including phenoxy) is 2. The van der Waals surface area contributed by atoms with E-state index < -0.39 is 0 Å². The van der Waals surface area contributed by atoms with Crippen LogP contribution < -0.4 is 10.1 Å². The maximum Gasteiger partial charge on any atom is 0.248 e. The number of aromatic nitrogens is 1. The second kappa shape index (κ2) is 8.73. The molecule has 4 rings (SSSR count). The van der Waals surface area contributed by atoms with Gasteiger partial charge in [-0.2, -0.15) is 0 Å². The molecule has 0 spiro atoms. The zero-order chi connectivity index (χ0) is 19.3. The van der Waals surface area contributed by atoms with Crippen LogP contribution in [-0.2, 0) is 9.53 Å². The largest absolute Gasteiger partial charge is 0.489 e. The van der Waals surface area contributed by atoms with Gasteiger partial charge in [0, 0.05) is 17.7 Å². The number of rotatable bonds is 6. The van der Waals surface area contributed by atoms with Crippen LogP contribution in [0.2, 0.25) is 5.02 Å². The summed E-state index contributed by atoms with van der Waals surface area (Å²) >= 11 is 7.62. The lowest BCUT2D eigenvalue weighted by atomic mass is 10.2. The molecule has 1 aliphatic rings. The fourth-order valence-electron chi connectivity index (χ4n) is 2.97. The van der Waals surface area contributed by atoms with Crippen molar-refractivity contribution in [3.8, 4) is 5.75 Å². The van der Waals surface area contributed by atoms with E-state index in [0.717, 1.165) is 34.7 Å². The van der Waals surface area contributed by atoms with Gasteiger partial charge < -0.3 is 14.8 Å². The van der Waals surface area contributed by atoms with Crippen molar-refractivity contribution in [3.63, 3.8) is 0 Å². The molecule has 7 heteroatoms. The molecule has 1 fully saturated rings. The van der Waals surface area contributed by atoms with E-state index in [2.05, 4.69) is 10.3 Å². The summed E-state index contributed by atoms with van der Waals surface area (Å²) in [4.78, 5) is 16.9. The van der Waals surface area contributed by atoms with E-state index in [-0.39, 0.29) is 12.0 Å². The van der Waals surface area contributed by atoms with Crippen LogP contribution in [0.1, 0.15) is 17.8 Å². The zero-order valence-corrected chi connectivity index (χ0v) is 16.6. The molecule has 2 aromatic carbocycles. The number of hydrogen-bond donors (Lipinski definition) is 1. The van der Waals surface area contributed by atoms with E-state index in [1.165, 1.54) is 17.4 Å². The van der Waals surface area contributed by atoms with E-state index in [9.17, 15) is 4.79 Å². The number of nitrogens with zero attached hydrogens (tertiary/aromatic N) is 1. The highest BCUT2D eigenvalue weighted by atomic mass is 35.5. The minimum atomic E-state index is -0.275. The number of hydrogen-bond acceptors (Lipinski definition) is 5. The normalized spacial score (nSPS) is 16.7. The average molecular weight is 415 g/mol. The summed E-state index contributed by atoms with van der Waals surface area (Å²) in [6.45, 7) is 1.22. The van der Waals surface area contributed by atoms with Crippen LogP contribution in [0.3, 0.4) is 0 Å². The Morgan fingerprint density at radius 3 is 3.07 bits per heavy atom. The van der Waals surface area contributed by atoms with Gasteiger partial charge in [-0.3, -0.25) is 4.79 Å². The van der Waals surface area contributed by atoms with Gasteiger partial charge in [-0.05, 0) is 49.2 Å². The van der Waals surface area contributed by atoms with E-state index in [4.69, 9.17) is 21.1 Å². The standard InChI is InChI=1S/C21H19ClN2O3S/c22-14-7-8-18(27-13-15-4-3-11-26-15)17(12-14)23-20(25)9-10-21-24-16-5-1-2-6-19(16)28-21/h1-2,5-10,12,15H,3-4,11,13H2,(H,23,25)/b10-9+. The highest BCUT2D eigenvalue weighted by Gasteiger charge is 2.17. The van der Waals surface area contributed by atoms with Crippen molar-refractivity contribution in [3.05, 3.63) is 58.6 Å². The van der Waals surface area contributed by atoms with Gasteiger partial charge >= 0.3 is 0 Å². The van der Waals surface area contributed by atoms with Crippen LogP contribution in [0.4, 0.5) is 5.69 Å². The van der Waals surface area contributed by atoms with Gasteiger partial charge in [-0.25, -0.2) is 4.98 Å². The molecule has 2 heterocycles. The van der Waals surface area contributed by atoms with Gasteiger partial charge in [0.2, 0.25) is 5.91 Å². The quantitative estimate of drug-likeness (QED) is 0.566. The van der Waals surface area contributed by atoms with Crippen LogP contribution in [0.25, 0.3) is 16.3 Å². The molecule has 3 aromatic rings. The third-order valence-corrected chi connectivity index (χ3v) is 5.57. The summed E-state index contributed by atoms with van der Waals surface area (Å²) in [5.74, 6) is 0.296. The Kier molecular flexibility index (Phi) is 5.90.